The summed E-state index contributed by atoms with van der Waals surface area (Å²) < 4.78 is 5.58. The molecule has 0 spiro atoms. The average Bonchev–Trinajstić information content (AvgIpc) is 3.49. The van der Waals surface area contributed by atoms with E-state index >= 15 is 0 Å². The van der Waals surface area contributed by atoms with E-state index in [4.69, 9.17) is 4.74 Å². The first-order chi connectivity index (χ1) is 13.6. The van der Waals surface area contributed by atoms with Crippen LogP contribution in [0.3, 0.4) is 0 Å². The maximum Gasteiger partial charge on any atom is 0.166 e. The number of ketones is 1. The van der Waals surface area contributed by atoms with E-state index in [1.807, 2.05) is 56.3 Å². The molecule has 2 atom stereocenters. The van der Waals surface area contributed by atoms with Gasteiger partial charge < -0.3 is 15.2 Å². The minimum absolute atomic E-state index is 0.0115. The first kappa shape index (κ1) is 18.6. The number of carbonyl (C=O) groups is 1. The number of benzene rings is 2. The zero-order chi connectivity index (χ0) is 19.7. The highest BCUT2D eigenvalue weighted by atomic mass is 16.6. The van der Waals surface area contributed by atoms with Crippen LogP contribution in [-0.4, -0.2) is 28.6 Å². The second-order valence-corrected chi connectivity index (χ2v) is 7.18. The van der Waals surface area contributed by atoms with Crippen LogP contribution >= 0.6 is 0 Å². The number of aryl methyl sites for hydroxylation is 1. The summed E-state index contributed by atoms with van der Waals surface area (Å²) in [4.78, 5) is 17.4. The van der Waals surface area contributed by atoms with Crippen molar-refractivity contribution < 1.29 is 14.6 Å². The van der Waals surface area contributed by atoms with E-state index < -0.39 is 0 Å². The van der Waals surface area contributed by atoms with E-state index in [1.165, 1.54) is 0 Å². The Labute approximate surface area is 164 Å². The number of aliphatic hydroxyl groups excluding tert-OH is 1. The molecule has 1 fully saturated rings. The number of nitrogens with zero attached hydrogens (tertiary/aromatic N) is 1. The molecule has 5 nitrogen and oxygen atoms in total. The van der Waals surface area contributed by atoms with Gasteiger partial charge in [-0.25, -0.2) is 0 Å². The van der Waals surface area contributed by atoms with Crippen molar-refractivity contribution in [3.8, 4) is 0 Å². The molecule has 2 N–H and O–H groups in total. The number of aliphatic hydroxyl groups is 1. The average molecular weight is 376 g/mol. The van der Waals surface area contributed by atoms with Gasteiger partial charge >= 0.3 is 0 Å². The number of pyridine rings is 1. The van der Waals surface area contributed by atoms with E-state index in [-0.39, 0.29) is 24.6 Å². The Kier molecular flexibility index (Phi) is 5.11. The molecule has 2 aromatic carbocycles. The predicted octanol–water partition coefficient (Wildman–Crippen LogP) is 4.70. The molecule has 1 aromatic heterocycles. The molecule has 1 aliphatic heterocycles. The molecule has 0 bridgehead atoms. The summed E-state index contributed by atoms with van der Waals surface area (Å²) in [5.74, 6) is 0.0780. The van der Waals surface area contributed by atoms with Gasteiger partial charge in [0.05, 0.1) is 23.4 Å². The molecule has 5 heteroatoms. The number of fused-ring (bicyclic) bond motifs is 1. The maximum absolute atomic E-state index is 12.8. The van der Waals surface area contributed by atoms with Gasteiger partial charge in [-0.1, -0.05) is 43.3 Å². The molecule has 4 rings (SSSR count). The van der Waals surface area contributed by atoms with Crippen LogP contribution in [0.1, 0.15) is 47.4 Å². The smallest absolute Gasteiger partial charge is 0.166 e. The van der Waals surface area contributed by atoms with Crippen LogP contribution in [0.4, 0.5) is 11.4 Å². The van der Waals surface area contributed by atoms with Crippen molar-refractivity contribution in [1.29, 1.82) is 0 Å². The number of epoxide rings is 1. The highest BCUT2D eigenvalue weighted by molar-refractivity contribution is 6.09. The lowest BCUT2D eigenvalue weighted by atomic mass is 9.99. The van der Waals surface area contributed by atoms with Gasteiger partial charge in [-0.2, -0.15) is 0 Å². The second kappa shape index (κ2) is 7.70. The van der Waals surface area contributed by atoms with Crippen LogP contribution in [0.2, 0.25) is 0 Å². The van der Waals surface area contributed by atoms with E-state index in [9.17, 15) is 9.90 Å². The van der Waals surface area contributed by atoms with Crippen LogP contribution in [-0.2, 0) is 4.74 Å². The fraction of sp³-hybridized carbons (Fsp3) is 0.304. The van der Waals surface area contributed by atoms with Gasteiger partial charge in [0.2, 0.25) is 0 Å². The van der Waals surface area contributed by atoms with Gasteiger partial charge in [0, 0.05) is 29.3 Å². The number of ether oxygens (including phenoxy) is 1. The van der Waals surface area contributed by atoms with E-state index in [2.05, 4.69) is 10.3 Å². The molecule has 0 saturated carbocycles. The van der Waals surface area contributed by atoms with E-state index in [0.717, 1.165) is 39.8 Å². The molecule has 0 amide bonds. The summed E-state index contributed by atoms with van der Waals surface area (Å²) >= 11 is 0. The summed E-state index contributed by atoms with van der Waals surface area (Å²) in [6, 6.07) is 13.9. The van der Waals surface area contributed by atoms with Crippen molar-refractivity contribution in [1.82, 2.24) is 4.98 Å². The first-order valence-electron chi connectivity index (χ1n) is 9.67. The lowest BCUT2D eigenvalue weighted by Gasteiger charge is -2.16. The number of aromatic nitrogens is 1. The molecule has 3 aromatic rings. The Morgan fingerprint density at radius 1 is 1.21 bits per heavy atom. The lowest BCUT2D eigenvalue weighted by Crippen LogP contribution is -2.07. The quantitative estimate of drug-likeness (QED) is 0.462. The summed E-state index contributed by atoms with van der Waals surface area (Å²) in [5.41, 5.74) is 5.18. The van der Waals surface area contributed by atoms with Gasteiger partial charge in [-0.05, 0) is 25.0 Å². The normalized spacial score (nSPS) is 18.2. The molecule has 144 valence electrons. The molecule has 0 unspecified atom stereocenters. The third-order valence-corrected chi connectivity index (χ3v) is 5.18. The number of nitrogens with one attached hydrogen (secondary N) is 1. The van der Waals surface area contributed by atoms with Gasteiger partial charge in [0.15, 0.2) is 5.78 Å². The van der Waals surface area contributed by atoms with Crippen LogP contribution < -0.4 is 5.32 Å². The number of hydrogen-bond donors (Lipinski definition) is 2. The molecule has 1 saturated heterocycles. The second-order valence-electron chi connectivity index (χ2n) is 7.18. The molecular formula is C23H24N2O3. The Morgan fingerprint density at radius 3 is 2.75 bits per heavy atom. The highest BCUT2D eigenvalue weighted by Crippen LogP contribution is 2.42. The van der Waals surface area contributed by atoms with E-state index in [1.54, 1.807) is 6.20 Å². The fourth-order valence-electron chi connectivity index (χ4n) is 3.59. The number of para-hydroxylation sites is 2. The van der Waals surface area contributed by atoms with Crippen molar-refractivity contribution in [2.24, 2.45) is 0 Å². The van der Waals surface area contributed by atoms with Crippen LogP contribution in [0, 0.1) is 6.92 Å². The van der Waals surface area contributed by atoms with Crippen molar-refractivity contribution >= 4 is 28.1 Å². The summed E-state index contributed by atoms with van der Waals surface area (Å²) in [7, 11) is 0. The largest absolute Gasteiger partial charge is 0.394 e. The first-order valence-corrected chi connectivity index (χ1v) is 9.67. The zero-order valence-corrected chi connectivity index (χ0v) is 16.1. The Hall–Kier alpha value is -2.76. The molecule has 0 aliphatic carbocycles. The number of hydrogen-bond acceptors (Lipinski definition) is 5. The molecule has 0 radical (unpaired) electrons. The molecule has 28 heavy (non-hydrogen) atoms. The van der Waals surface area contributed by atoms with Gasteiger partial charge in [0.1, 0.15) is 12.2 Å². The van der Waals surface area contributed by atoms with Gasteiger partial charge in [0.25, 0.3) is 0 Å². The Bertz CT molecular complexity index is 1030. The van der Waals surface area contributed by atoms with Crippen molar-refractivity contribution in [3.05, 3.63) is 65.4 Å². The number of carbonyl (C=O) groups excluding carboxylic acids is 1. The highest BCUT2D eigenvalue weighted by Gasteiger charge is 2.41. The SMILES string of the molecule is CCCC(=O)c1cnc2c([C@H]3O[C@@H]3CO)cccc2c1Nc1ccccc1C. The molecule has 2 heterocycles. The van der Waals surface area contributed by atoms with Crippen molar-refractivity contribution in [2.45, 2.75) is 38.9 Å². The van der Waals surface area contributed by atoms with Crippen molar-refractivity contribution in [3.63, 3.8) is 0 Å². The van der Waals surface area contributed by atoms with Crippen molar-refractivity contribution in [2.75, 3.05) is 11.9 Å². The van der Waals surface area contributed by atoms with Gasteiger partial charge in [-0.15, -0.1) is 0 Å². The molecular weight excluding hydrogens is 352 g/mol. The topological polar surface area (TPSA) is 74.8 Å². The van der Waals surface area contributed by atoms with Crippen LogP contribution in [0.5, 0.6) is 0 Å². The maximum atomic E-state index is 12.8. The number of rotatable bonds is 7. The zero-order valence-electron chi connectivity index (χ0n) is 16.1. The monoisotopic (exact) mass is 376 g/mol. The minimum atomic E-state index is -0.179. The number of anilines is 2. The standard InChI is InChI=1S/C23H24N2O3/c1-3-7-19(27)17-12-24-21-15(9-6-10-16(21)23-20(13-26)28-23)22(17)25-18-11-5-4-8-14(18)2/h4-6,8-12,20,23,26H,3,7,13H2,1-2H3,(H,24,25)/t20-,23-/m1/s1. The minimum Gasteiger partial charge on any atom is -0.394 e. The fourth-order valence-corrected chi connectivity index (χ4v) is 3.59. The Balaban J connectivity index is 1.87. The summed E-state index contributed by atoms with van der Waals surface area (Å²) in [6.07, 6.45) is 2.61. The van der Waals surface area contributed by atoms with Crippen LogP contribution in [0.15, 0.2) is 48.7 Å². The Morgan fingerprint density at radius 2 is 2.04 bits per heavy atom. The predicted molar refractivity (Wildman–Crippen MR) is 110 cm³/mol. The lowest BCUT2D eigenvalue weighted by molar-refractivity contribution is 0.0982. The third kappa shape index (κ3) is 3.39. The summed E-state index contributed by atoms with van der Waals surface area (Å²) in [5, 5.41) is 13.7. The van der Waals surface area contributed by atoms with E-state index in [0.29, 0.717) is 12.0 Å². The third-order valence-electron chi connectivity index (χ3n) is 5.18. The summed E-state index contributed by atoms with van der Waals surface area (Å²) in [6.45, 7) is 4.02. The number of Topliss-reactive ketones (excluding diaryl/α,β-unsaturated/α-hetero) is 1. The van der Waals surface area contributed by atoms with Crippen LogP contribution in [0.25, 0.3) is 10.9 Å². The van der Waals surface area contributed by atoms with Gasteiger partial charge in [-0.3, -0.25) is 9.78 Å². The molecule has 1 aliphatic rings.